The third-order valence-corrected chi connectivity index (χ3v) is 3.93. The normalized spacial score (nSPS) is 14.3. The van der Waals surface area contributed by atoms with Crippen LogP contribution in [0.25, 0.3) is 11.4 Å². The first-order valence-corrected chi connectivity index (χ1v) is 8.12. The summed E-state index contributed by atoms with van der Waals surface area (Å²) in [5.74, 6) is 0.413. The van der Waals surface area contributed by atoms with Gasteiger partial charge in [0.25, 0.3) is 5.91 Å². The van der Waals surface area contributed by atoms with Crippen molar-refractivity contribution in [2.24, 2.45) is 0 Å². The van der Waals surface area contributed by atoms with Gasteiger partial charge in [0, 0.05) is 56.5 Å². The Morgan fingerprint density at radius 2 is 1.64 bits per heavy atom. The van der Waals surface area contributed by atoms with Gasteiger partial charge in [0.2, 0.25) is 0 Å². The summed E-state index contributed by atoms with van der Waals surface area (Å²) in [6.07, 6.45) is 6.06. The quantitative estimate of drug-likeness (QED) is 0.840. The summed E-state index contributed by atoms with van der Waals surface area (Å²) < 4.78 is 4.98. The van der Waals surface area contributed by atoms with Gasteiger partial charge in [0.1, 0.15) is 0 Å². The van der Waals surface area contributed by atoms with Crippen LogP contribution in [0.1, 0.15) is 17.3 Å². The van der Waals surface area contributed by atoms with Gasteiger partial charge in [-0.05, 0) is 19.1 Å². The Bertz CT molecular complexity index is 728. The Balaban J connectivity index is 1.61. The minimum absolute atomic E-state index is 0.134. The zero-order chi connectivity index (χ0) is 17.6. The number of pyridine rings is 1. The van der Waals surface area contributed by atoms with Crippen LogP contribution in [0.2, 0.25) is 0 Å². The highest BCUT2D eigenvalue weighted by Crippen LogP contribution is 2.14. The zero-order valence-electron chi connectivity index (χ0n) is 14.0. The average molecular weight is 341 g/mol. The number of nitrogens with zero attached hydrogens (tertiary/aromatic N) is 5. The summed E-state index contributed by atoms with van der Waals surface area (Å²) >= 11 is 0. The molecule has 0 unspecified atom stereocenters. The first-order chi connectivity index (χ1) is 12.2. The summed E-state index contributed by atoms with van der Waals surface area (Å²) in [6.45, 7) is 3.96. The molecule has 0 aliphatic carbocycles. The molecule has 0 atom stereocenters. The van der Waals surface area contributed by atoms with Gasteiger partial charge in [-0.15, -0.1) is 0 Å². The average Bonchev–Trinajstić information content (AvgIpc) is 2.68. The number of aromatic nitrogens is 3. The lowest BCUT2D eigenvalue weighted by molar-refractivity contribution is 0.0570. The Hall–Kier alpha value is -3.03. The molecule has 25 heavy (non-hydrogen) atoms. The van der Waals surface area contributed by atoms with Gasteiger partial charge < -0.3 is 14.5 Å². The van der Waals surface area contributed by atoms with Crippen molar-refractivity contribution in [1.29, 1.82) is 0 Å². The SMILES string of the molecule is CCOC(=O)N1CCN(C(=O)c2cnc(-c3ccncc3)nc2)CC1. The van der Waals surface area contributed by atoms with E-state index in [-0.39, 0.29) is 12.0 Å². The van der Waals surface area contributed by atoms with E-state index >= 15 is 0 Å². The molecule has 2 aromatic rings. The number of rotatable bonds is 3. The standard InChI is InChI=1S/C17H19N5O3/c1-2-25-17(24)22-9-7-21(8-10-22)16(23)14-11-19-15(20-12-14)13-3-5-18-6-4-13/h3-6,11-12H,2,7-10H2,1H3. The van der Waals surface area contributed by atoms with Gasteiger partial charge in [0.05, 0.1) is 12.2 Å². The van der Waals surface area contributed by atoms with Crippen LogP contribution in [-0.4, -0.2) is 69.5 Å². The fourth-order valence-corrected chi connectivity index (χ4v) is 2.58. The minimum atomic E-state index is -0.334. The zero-order valence-corrected chi connectivity index (χ0v) is 14.0. The third kappa shape index (κ3) is 3.90. The smallest absolute Gasteiger partial charge is 0.409 e. The van der Waals surface area contributed by atoms with Crippen LogP contribution in [0.3, 0.4) is 0 Å². The molecule has 1 aliphatic rings. The number of hydrogen-bond donors (Lipinski definition) is 0. The molecule has 3 rings (SSSR count). The lowest BCUT2D eigenvalue weighted by atomic mass is 10.2. The second kappa shape index (κ2) is 7.69. The predicted molar refractivity (Wildman–Crippen MR) is 89.8 cm³/mol. The van der Waals surface area contributed by atoms with Gasteiger partial charge in [-0.25, -0.2) is 14.8 Å². The van der Waals surface area contributed by atoms with E-state index in [0.717, 1.165) is 5.56 Å². The van der Waals surface area contributed by atoms with Gasteiger partial charge in [-0.3, -0.25) is 9.78 Å². The van der Waals surface area contributed by atoms with E-state index in [9.17, 15) is 9.59 Å². The maximum Gasteiger partial charge on any atom is 0.409 e. The summed E-state index contributed by atoms with van der Waals surface area (Å²) in [5.41, 5.74) is 1.28. The molecule has 2 aromatic heterocycles. The molecule has 0 radical (unpaired) electrons. The topological polar surface area (TPSA) is 88.5 Å². The summed E-state index contributed by atoms with van der Waals surface area (Å²) in [7, 11) is 0. The monoisotopic (exact) mass is 341 g/mol. The van der Waals surface area contributed by atoms with Crippen molar-refractivity contribution in [2.45, 2.75) is 6.92 Å². The summed E-state index contributed by atoms with van der Waals surface area (Å²) in [5, 5.41) is 0. The highest BCUT2D eigenvalue weighted by atomic mass is 16.6. The molecule has 1 aliphatic heterocycles. The Kier molecular flexibility index (Phi) is 5.17. The number of ether oxygens (including phenoxy) is 1. The van der Waals surface area contributed by atoms with Gasteiger partial charge in [-0.1, -0.05) is 0 Å². The highest BCUT2D eigenvalue weighted by Gasteiger charge is 2.25. The fourth-order valence-electron chi connectivity index (χ4n) is 2.58. The molecule has 3 heterocycles. The van der Waals surface area contributed by atoms with Crippen molar-refractivity contribution in [3.63, 3.8) is 0 Å². The molecule has 1 fully saturated rings. The molecule has 0 saturated carbocycles. The first-order valence-electron chi connectivity index (χ1n) is 8.12. The largest absolute Gasteiger partial charge is 0.450 e. The summed E-state index contributed by atoms with van der Waals surface area (Å²) in [4.78, 5) is 40.0. The third-order valence-electron chi connectivity index (χ3n) is 3.93. The van der Waals surface area contributed by atoms with E-state index in [1.165, 1.54) is 12.4 Å². The van der Waals surface area contributed by atoms with E-state index in [0.29, 0.717) is 44.2 Å². The minimum Gasteiger partial charge on any atom is -0.450 e. The van der Waals surface area contributed by atoms with Crippen LogP contribution in [-0.2, 0) is 4.74 Å². The predicted octanol–water partition coefficient (Wildman–Crippen LogP) is 1.45. The van der Waals surface area contributed by atoms with Crippen LogP contribution in [0.5, 0.6) is 0 Å². The van der Waals surface area contributed by atoms with Crippen molar-refractivity contribution >= 4 is 12.0 Å². The Morgan fingerprint density at radius 3 is 2.24 bits per heavy atom. The van der Waals surface area contributed by atoms with E-state index in [1.54, 1.807) is 29.1 Å². The van der Waals surface area contributed by atoms with Crippen LogP contribution >= 0.6 is 0 Å². The van der Waals surface area contributed by atoms with Crippen molar-refractivity contribution in [2.75, 3.05) is 32.8 Å². The molecule has 8 nitrogen and oxygen atoms in total. The van der Waals surface area contributed by atoms with E-state index in [1.807, 2.05) is 12.1 Å². The van der Waals surface area contributed by atoms with E-state index < -0.39 is 0 Å². The Labute approximate surface area is 145 Å². The number of amides is 2. The molecule has 0 bridgehead atoms. The number of piperazine rings is 1. The Morgan fingerprint density at radius 1 is 1.04 bits per heavy atom. The van der Waals surface area contributed by atoms with Crippen LogP contribution in [0.15, 0.2) is 36.9 Å². The lowest BCUT2D eigenvalue weighted by Crippen LogP contribution is -2.50. The molecule has 130 valence electrons. The molecule has 0 spiro atoms. The van der Waals surface area contributed by atoms with Crippen molar-refractivity contribution in [1.82, 2.24) is 24.8 Å². The van der Waals surface area contributed by atoms with E-state index in [2.05, 4.69) is 15.0 Å². The van der Waals surface area contributed by atoms with Crippen LogP contribution in [0.4, 0.5) is 4.79 Å². The highest BCUT2D eigenvalue weighted by molar-refractivity contribution is 5.94. The van der Waals surface area contributed by atoms with Crippen molar-refractivity contribution in [3.8, 4) is 11.4 Å². The van der Waals surface area contributed by atoms with Gasteiger partial charge in [-0.2, -0.15) is 0 Å². The van der Waals surface area contributed by atoms with Crippen molar-refractivity contribution in [3.05, 3.63) is 42.5 Å². The van der Waals surface area contributed by atoms with Gasteiger partial charge >= 0.3 is 6.09 Å². The number of carbonyl (C=O) groups excluding carboxylic acids is 2. The second-order valence-corrected chi connectivity index (χ2v) is 5.51. The van der Waals surface area contributed by atoms with Crippen LogP contribution < -0.4 is 0 Å². The molecule has 1 saturated heterocycles. The number of carbonyl (C=O) groups is 2. The molecule has 8 heteroatoms. The molecule has 2 amide bonds. The van der Waals surface area contributed by atoms with Crippen LogP contribution in [0, 0.1) is 0 Å². The summed E-state index contributed by atoms with van der Waals surface area (Å²) in [6, 6.07) is 3.62. The maximum absolute atomic E-state index is 12.6. The molecular weight excluding hydrogens is 322 g/mol. The fraction of sp³-hybridized carbons (Fsp3) is 0.353. The van der Waals surface area contributed by atoms with Gasteiger partial charge in [0.15, 0.2) is 5.82 Å². The maximum atomic E-state index is 12.6. The molecular formula is C17H19N5O3. The number of hydrogen-bond acceptors (Lipinski definition) is 6. The molecule has 0 N–H and O–H groups in total. The second-order valence-electron chi connectivity index (χ2n) is 5.51. The molecule has 0 aromatic carbocycles. The van der Waals surface area contributed by atoms with Crippen molar-refractivity contribution < 1.29 is 14.3 Å². The lowest BCUT2D eigenvalue weighted by Gasteiger charge is -2.33. The van der Waals surface area contributed by atoms with E-state index in [4.69, 9.17) is 4.74 Å². The first kappa shape index (κ1) is 16.8.